The largest absolute Gasteiger partial charge is 0.341 e. The van der Waals surface area contributed by atoms with Gasteiger partial charge in [-0.15, -0.1) is 11.3 Å². The molecule has 0 unspecified atom stereocenters. The third-order valence-electron chi connectivity index (χ3n) is 5.39. The van der Waals surface area contributed by atoms with Crippen LogP contribution in [-0.4, -0.2) is 11.8 Å². The molecule has 5 heteroatoms. The molecule has 0 saturated heterocycles. The second kappa shape index (κ2) is 6.87. The monoisotopic (exact) mass is 398 g/mol. The molecule has 1 aromatic heterocycles. The fraction of sp³-hybridized carbons (Fsp3) is 0.0833. The SMILES string of the molecule is Cc1ccccc1[C@H]1NC(=O)c2cccc(NC(=O)c3csc4ccccc34)c21. The normalized spacial score (nSPS) is 15.2. The summed E-state index contributed by atoms with van der Waals surface area (Å²) in [5, 5.41) is 8.94. The minimum atomic E-state index is -0.283. The highest BCUT2D eigenvalue weighted by molar-refractivity contribution is 7.17. The summed E-state index contributed by atoms with van der Waals surface area (Å²) < 4.78 is 1.07. The maximum atomic E-state index is 13.1. The van der Waals surface area contributed by atoms with Gasteiger partial charge in [-0.05, 0) is 36.2 Å². The number of rotatable bonds is 3. The highest BCUT2D eigenvalue weighted by Gasteiger charge is 2.33. The number of anilines is 1. The van der Waals surface area contributed by atoms with Crippen molar-refractivity contribution in [2.24, 2.45) is 0 Å². The van der Waals surface area contributed by atoms with Crippen LogP contribution in [0.1, 0.15) is 43.4 Å². The molecule has 0 saturated carbocycles. The van der Waals surface area contributed by atoms with Crippen molar-refractivity contribution < 1.29 is 9.59 Å². The topological polar surface area (TPSA) is 58.2 Å². The molecule has 2 amide bonds. The lowest BCUT2D eigenvalue weighted by Crippen LogP contribution is -2.21. The van der Waals surface area contributed by atoms with Gasteiger partial charge in [0, 0.05) is 32.3 Å². The van der Waals surface area contributed by atoms with E-state index in [0.29, 0.717) is 16.8 Å². The van der Waals surface area contributed by atoms with E-state index in [2.05, 4.69) is 10.6 Å². The van der Waals surface area contributed by atoms with Crippen LogP contribution >= 0.6 is 11.3 Å². The van der Waals surface area contributed by atoms with Gasteiger partial charge in [-0.25, -0.2) is 0 Å². The zero-order chi connectivity index (χ0) is 20.0. The molecule has 2 N–H and O–H groups in total. The fourth-order valence-corrected chi connectivity index (χ4v) is 4.89. The van der Waals surface area contributed by atoms with Crippen molar-refractivity contribution in [1.29, 1.82) is 0 Å². The summed E-state index contributed by atoms with van der Waals surface area (Å²) in [6.07, 6.45) is 0. The molecule has 29 heavy (non-hydrogen) atoms. The molecule has 1 atom stereocenters. The molecular formula is C24H18N2O2S. The lowest BCUT2D eigenvalue weighted by atomic mass is 9.93. The molecule has 0 bridgehead atoms. The van der Waals surface area contributed by atoms with Gasteiger partial charge >= 0.3 is 0 Å². The highest BCUT2D eigenvalue weighted by Crippen LogP contribution is 2.38. The summed E-state index contributed by atoms with van der Waals surface area (Å²) in [6, 6.07) is 21.0. The van der Waals surface area contributed by atoms with Crippen molar-refractivity contribution in [2.45, 2.75) is 13.0 Å². The number of carbonyl (C=O) groups is 2. The van der Waals surface area contributed by atoms with E-state index in [1.54, 1.807) is 23.5 Å². The molecule has 0 aliphatic carbocycles. The minimum absolute atomic E-state index is 0.120. The summed E-state index contributed by atoms with van der Waals surface area (Å²) >= 11 is 1.55. The zero-order valence-electron chi connectivity index (χ0n) is 15.7. The second-order valence-corrected chi connectivity index (χ2v) is 8.04. The number of thiophene rings is 1. The number of carbonyl (C=O) groups excluding carboxylic acids is 2. The Balaban J connectivity index is 1.57. The first-order valence-electron chi connectivity index (χ1n) is 9.40. The van der Waals surface area contributed by atoms with Crippen LogP contribution in [0.4, 0.5) is 5.69 Å². The van der Waals surface area contributed by atoms with E-state index < -0.39 is 0 Å². The lowest BCUT2D eigenvalue weighted by Gasteiger charge is -2.18. The standard InChI is InChI=1S/C24H18N2O2S/c1-14-7-2-3-8-15(14)22-21-17(23(27)26-22)10-6-11-19(21)25-24(28)18-13-29-20-12-5-4-9-16(18)20/h2-13,22H,1H3,(H,25,28)(H,26,27)/t22-/m1/s1. The van der Waals surface area contributed by atoms with E-state index >= 15 is 0 Å². The molecule has 1 aliphatic rings. The number of fused-ring (bicyclic) bond motifs is 2. The first-order valence-corrected chi connectivity index (χ1v) is 10.3. The summed E-state index contributed by atoms with van der Waals surface area (Å²) in [7, 11) is 0. The highest BCUT2D eigenvalue weighted by atomic mass is 32.1. The van der Waals surface area contributed by atoms with Crippen LogP contribution in [0.2, 0.25) is 0 Å². The molecule has 4 aromatic rings. The maximum Gasteiger partial charge on any atom is 0.257 e. The van der Waals surface area contributed by atoms with Crippen molar-refractivity contribution in [3.63, 3.8) is 0 Å². The number of aryl methyl sites for hydroxylation is 1. The van der Waals surface area contributed by atoms with E-state index in [1.165, 1.54) is 0 Å². The van der Waals surface area contributed by atoms with Gasteiger partial charge in [0.2, 0.25) is 0 Å². The van der Waals surface area contributed by atoms with Crippen molar-refractivity contribution in [2.75, 3.05) is 5.32 Å². The molecular weight excluding hydrogens is 380 g/mol. The van der Waals surface area contributed by atoms with Gasteiger partial charge in [0.05, 0.1) is 11.6 Å². The smallest absolute Gasteiger partial charge is 0.257 e. The van der Waals surface area contributed by atoms with Gasteiger partial charge in [-0.2, -0.15) is 0 Å². The van der Waals surface area contributed by atoms with Crippen LogP contribution in [0.3, 0.4) is 0 Å². The minimum Gasteiger partial charge on any atom is -0.341 e. The van der Waals surface area contributed by atoms with Crippen molar-refractivity contribution in [1.82, 2.24) is 5.32 Å². The molecule has 5 rings (SSSR count). The quantitative estimate of drug-likeness (QED) is 0.492. The molecule has 0 fully saturated rings. The van der Waals surface area contributed by atoms with Gasteiger partial charge in [-0.1, -0.05) is 48.5 Å². The first kappa shape index (κ1) is 17.6. The van der Waals surface area contributed by atoms with E-state index in [0.717, 1.165) is 26.8 Å². The Labute approximate surface area is 172 Å². The van der Waals surface area contributed by atoms with Crippen molar-refractivity contribution >= 4 is 38.9 Å². The third-order valence-corrected chi connectivity index (χ3v) is 6.35. The summed E-state index contributed by atoms with van der Waals surface area (Å²) in [5.41, 5.74) is 4.85. The number of nitrogens with one attached hydrogen (secondary N) is 2. The van der Waals surface area contributed by atoms with Crippen LogP contribution in [0.5, 0.6) is 0 Å². The van der Waals surface area contributed by atoms with Crippen LogP contribution in [0.15, 0.2) is 72.1 Å². The van der Waals surface area contributed by atoms with Gasteiger partial charge in [-0.3, -0.25) is 9.59 Å². The van der Waals surface area contributed by atoms with E-state index in [1.807, 2.05) is 66.9 Å². The Morgan fingerprint density at radius 3 is 2.66 bits per heavy atom. The Morgan fingerprint density at radius 2 is 1.79 bits per heavy atom. The molecule has 0 spiro atoms. The van der Waals surface area contributed by atoms with Gasteiger partial charge in [0.1, 0.15) is 0 Å². The van der Waals surface area contributed by atoms with Gasteiger partial charge < -0.3 is 10.6 Å². The predicted octanol–water partition coefficient (Wildman–Crippen LogP) is 5.29. The van der Waals surface area contributed by atoms with Crippen LogP contribution in [-0.2, 0) is 0 Å². The second-order valence-electron chi connectivity index (χ2n) is 7.13. The third kappa shape index (κ3) is 2.91. The number of hydrogen-bond acceptors (Lipinski definition) is 3. The molecule has 0 radical (unpaired) electrons. The number of hydrogen-bond donors (Lipinski definition) is 2. The van der Waals surface area contributed by atoms with Crippen LogP contribution in [0, 0.1) is 6.92 Å². The summed E-state index contributed by atoms with van der Waals surface area (Å²) in [5.74, 6) is -0.288. The van der Waals surface area contributed by atoms with E-state index in [9.17, 15) is 9.59 Å². The Kier molecular flexibility index (Phi) is 4.18. The molecule has 3 aromatic carbocycles. The van der Waals surface area contributed by atoms with Crippen LogP contribution in [0.25, 0.3) is 10.1 Å². The Bertz CT molecular complexity index is 1270. The average molecular weight is 398 g/mol. The molecule has 2 heterocycles. The van der Waals surface area contributed by atoms with Gasteiger partial charge in [0.15, 0.2) is 0 Å². The summed E-state index contributed by atoms with van der Waals surface area (Å²) in [6.45, 7) is 2.03. The maximum absolute atomic E-state index is 13.1. The zero-order valence-corrected chi connectivity index (χ0v) is 16.5. The number of benzene rings is 3. The molecule has 1 aliphatic heterocycles. The Hall–Kier alpha value is -3.44. The van der Waals surface area contributed by atoms with Crippen molar-refractivity contribution in [3.8, 4) is 0 Å². The summed E-state index contributed by atoms with van der Waals surface area (Å²) in [4.78, 5) is 25.7. The van der Waals surface area contributed by atoms with E-state index in [4.69, 9.17) is 0 Å². The van der Waals surface area contributed by atoms with Crippen LogP contribution < -0.4 is 10.6 Å². The lowest BCUT2D eigenvalue weighted by molar-refractivity contribution is 0.0959. The predicted molar refractivity (Wildman–Crippen MR) is 117 cm³/mol. The van der Waals surface area contributed by atoms with Crippen molar-refractivity contribution in [3.05, 3.63) is 99.9 Å². The fourth-order valence-electron chi connectivity index (χ4n) is 3.95. The average Bonchev–Trinajstić information content (AvgIpc) is 3.31. The first-order chi connectivity index (χ1) is 14.1. The Morgan fingerprint density at radius 1 is 1.00 bits per heavy atom. The number of amides is 2. The molecule has 4 nitrogen and oxygen atoms in total. The molecule has 142 valence electrons. The van der Waals surface area contributed by atoms with Gasteiger partial charge in [0.25, 0.3) is 11.8 Å². The van der Waals surface area contributed by atoms with E-state index in [-0.39, 0.29) is 17.9 Å².